The first-order valence-corrected chi connectivity index (χ1v) is 5.20. The van der Waals surface area contributed by atoms with E-state index in [9.17, 15) is 0 Å². The van der Waals surface area contributed by atoms with Crippen LogP contribution >= 0.6 is 11.6 Å². The van der Waals surface area contributed by atoms with Gasteiger partial charge < -0.3 is 5.73 Å². The van der Waals surface area contributed by atoms with Crippen molar-refractivity contribution in [3.8, 4) is 18.4 Å². The van der Waals surface area contributed by atoms with Crippen LogP contribution in [0.2, 0.25) is 5.02 Å². The van der Waals surface area contributed by atoms with Crippen LogP contribution in [0.1, 0.15) is 37.5 Å². The third kappa shape index (κ3) is 1.98. The minimum atomic E-state index is -0.275. The van der Waals surface area contributed by atoms with Crippen molar-refractivity contribution in [3.05, 3.63) is 27.8 Å². The highest BCUT2D eigenvalue weighted by Crippen LogP contribution is 2.37. The Hall–Kier alpha value is -1.64. The molecular formula is C13H13ClN2. The van der Waals surface area contributed by atoms with Crippen LogP contribution in [0, 0.1) is 23.7 Å². The van der Waals surface area contributed by atoms with Gasteiger partial charge in [-0.3, -0.25) is 0 Å². The number of nitrogens with zero attached hydrogens (tertiary/aromatic N) is 1. The Bertz CT molecular complexity index is 511. The highest BCUT2D eigenvalue weighted by molar-refractivity contribution is 6.34. The molecule has 0 unspecified atom stereocenters. The zero-order chi connectivity index (χ0) is 12.5. The van der Waals surface area contributed by atoms with E-state index in [0.717, 1.165) is 0 Å². The molecule has 0 saturated heterocycles. The highest BCUT2D eigenvalue weighted by atomic mass is 35.5. The average Bonchev–Trinajstić information content (AvgIpc) is 2.19. The minimum Gasteiger partial charge on any atom is -0.397 e. The lowest BCUT2D eigenvalue weighted by Gasteiger charge is -2.23. The number of hydrogen-bond donors (Lipinski definition) is 1. The van der Waals surface area contributed by atoms with Crippen LogP contribution in [0.25, 0.3) is 0 Å². The van der Waals surface area contributed by atoms with Crippen molar-refractivity contribution in [3.63, 3.8) is 0 Å². The summed E-state index contributed by atoms with van der Waals surface area (Å²) >= 11 is 6.15. The van der Waals surface area contributed by atoms with Crippen LogP contribution in [0.3, 0.4) is 0 Å². The molecule has 2 nitrogen and oxygen atoms in total. The molecule has 2 N–H and O–H groups in total. The van der Waals surface area contributed by atoms with Gasteiger partial charge in [-0.05, 0) is 17.0 Å². The molecule has 0 atom stereocenters. The van der Waals surface area contributed by atoms with Crippen molar-refractivity contribution >= 4 is 17.3 Å². The number of nitriles is 1. The smallest absolute Gasteiger partial charge is 0.101 e. The minimum absolute atomic E-state index is 0.275. The van der Waals surface area contributed by atoms with Gasteiger partial charge in [0, 0.05) is 5.56 Å². The number of terminal acetylenes is 1. The van der Waals surface area contributed by atoms with Crippen LogP contribution in [-0.4, -0.2) is 0 Å². The number of benzene rings is 1. The number of hydrogen-bond acceptors (Lipinski definition) is 2. The summed E-state index contributed by atoms with van der Waals surface area (Å²) in [7, 11) is 0. The Labute approximate surface area is 101 Å². The lowest BCUT2D eigenvalue weighted by atomic mass is 9.82. The second-order valence-electron chi connectivity index (χ2n) is 4.58. The van der Waals surface area contributed by atoms with E-state index in [0.29, 0.717) is 27.4 Å². The largest absolute Gasteiger partial charge is 0.397 e. The molecule has 0 bridgehead atoms. The van der Waals surface area contributed by atoms with E-state index < -0.39 is 0 Å². The summed E-state index contributed by atoms with van der Waals surface area (Å²) in [5, 5.41) is 9.58. The molecule has 0 heterocycles. The molecule has 0 aliphatic rings. The van der Waals surface area contributed by atoms with Gasteiger partial charge in [-0.2, -0.15) is 5.26 Å². The normalized spacial score (nSPS) is 10.6. The Kier molecular flexibility index (Phi) is 3.17. The topological polar surface area (TPSA) is 49.8 Å². The molecule has 82 valence electrons. The maximum Gasteiger partial charge on any atom is 0.101 e. The summed E-state index contributed by atoms with van der Waals surface area (Å²) in [5.41, 5.74) is 7.57. The number of nitrogens with two attached hydrogens (primary N) is 1. The standard InChI is InChI=1S/C13H13ClN2/c1-5-8-6-10(16)12(14)11(9(8)7-15)13(2,3)4/h1,6H,16H2,2-4H3. The second-order valence-corrected chi connectivity index (χ2v) is 4.96. The van der Waals surface area contributed by atoms with Gasteiger partial charge in [-0.25, -0.2) is 0 Å². The second kappa shape index (κ2) is 4.08. The van der Waals surface area contributed by atoms with Crippen LogP contribution in [0.5, 0.6) is 0 Å². The van der Waals surface area contributed by atoms with Gasteiger partial charge in [-0.15, -0.1) is 6.42 Å². The van der Waals surface area contributed by atoms with E-state index in [1.807, 2.05) is 20.8 Å². The number of halogens is 1. The molecule has 0 saturated carbocycles. The molecule has 0 aliphatic heterocycles. The van der Waals surface area contributed by atoms with Crippen molar-refractivity contribution < 1.29 is 0 Å². The van der Waals surface area contributed by atoms with Gasteiger partial charge in [0.05, 0.1) is 16.3 Å². The summed E-state index contributed by atoms with van der Waals surface area (Å²) in [5.74, 6) is 2.47. The molecule has 1 aromatic carbocycles. The first kappa shape index (κ1) is 12.4. The quantitative estimate of drug-likeness (QED) is 0.552. The fourth-order valence-corrected chi connectivity index (χ4v) is 2.05. The molecule has 0 radical (unpaired) electrons. The number of nitrogen functional groups attached to an aromatic ring is 1. The van der Waals surface area contributed by atoms with E-state index in [1.54, 1.807) is 6.07 Å². The third-order valence-corrected chi connectivity index (χ3v) is 2.72. The highest BCUT2D eigenvalue weighted by Gasteiger charge is 2.25. The van der Waals surface area contributed by atoms with Crippen molar-refractivity contribution in [2.24, 2.45) is 0 Å². The van der Waals surface area contributed by atoms with Gasteiger partial charge >= 0.3 is 0 Å². The molecule has 1 rings (SSSR count). The van der Waals surface area contributed by atoms with E-state index in [1.165, 1.54) is 0 Å². The lowest BCUT2D eigenvalue weighted by molar-refractivity contribution is 0.589. The molecule has 0 amide bonds. The summed E-state index contributed by atoms with van der Waals surface area (Å²) < 4.78 is 0. The number of anilines is 1. The van der Waals surface area contributed by atoms with E-state index in [2.05, 4.69) is 12.0 Å². The third-order valence-electron chi connectivity index (χ3n) is 2.31. The van der Waals surface area contributed by atoms with Crippen LogP contribution < -0.4 is 5.73 Å². The van der Waals surface area contributed by atoms with E-state index in [4.69, 9.17) is 29.0 Å². The van der Waals surface area contributed by atoms with E-state index in [-0.39, 0.29) is 5.41 Å². The maximum absolute atomic E-state index is 9.16. The predicted molar refractivity (Wildman–Crippen MR) is 67.2 cm³/mol. The van der Waals surface area contributed by atoms with Gasteiger partial charge in [0.2, 0.25) is 0 Å². The van der Waals surface area contributed by atoms with Crippen LogP contribution in [0.4, 0.5) is 5.69 Å². The molecule has 1 aromatic rings. The predicted octanol–water partition coefficient (Wildman–Crippen LogP) is 3.07. The Morgan fingerprint density at radius 1 is 1.44 bits per heavy atom. The van der Waals surface area contributed by atoms with Gasteiger partial charge in [0.15, 0.2) is 0 Å². The summed E-state index contributed by atoms with van der Waals surface area (Å²) in [6.07, 6.45) is 5.36. The zero-order valence-electron chi connectivity index (χ0n) is 9.56. The Balaban J connectivity index is 3.78. The summed E-state index contributed by atoms with van der Waals surface area (Å²) in [6, 6.07) is 3.67. The lowest BCUT2D eigenvalue weighted by Crippen LogP contribution is -2.16. The Morgan fingerprint density at radius 3 is 2.38 bits per heavy atom. The maximum atomic E-state index is 9.16. The molecular weight excluding hydrogens is 220 g/mol. The first-order chi connectivity index (χ1) is 7.32. The summed E-state index contributed by atoms with van der Waals surface area (Å²) in [6.45, 7) is 5.90. The molecule has 0 aromatic heterocycles. The van der Waals surface area contributed by atoms with Crippen molar-refractivity contribution in [2.45, 2.75) is 26.2 Å². The SMILES string of the molecule is C#Cc1cc(N)c(Cl)c(C(C)(C)C)c1C#N. The Morgan fingerprint density at radius 2 is 2.00 bits per heavy atom. The van der Waals surface area contributed by atoms with Gasteiger partial charge in [-0.1, -0.05) is 38.3 Å². The summed E-state index contributed by atoms with van der Waals surface area (Å²) in [4.78, 5) is 0. The number of rotatable bonds is 0. The van der Waals surface area contributed by atoms with Crippen LogP contribution in [0.15, 0.2) is 6.07 Å². The molecule has 16 heavy (non-hydrogen) atoms. The molecule has 3 heteroatoms. The van der Waals surface area contributed by atoms with Crippen molar-refractivity contribution in [1.29, 1.82) is 5.26 Å². The van der Waals surface area contributed by atoms with Gasteiger partial charge in [0.25, 0.3) is 0 Å². The van der Waals surface area contributed by atoms with Crippen molar-refractivity contribution in [1.82, 2.24) is 0 Å². The van der Waals surface area contributed by atoms with Crippen LogP contribution in [-0.2, 0) is 5.41 Å². The van der Waals surface area contributed by atoms with Crippen molar-refractivity contribution in [2.75, 3.05) is 5.73 Å². The van der Waals surface area contributed by atoms with E-state index >= 15 is 0 Å². The first-order valence-electron chi connectivity index (χ1n) is 4.82. The fraction of sp³-hybridized carbons (Fsp3) is 0.308. The average molecular weight is 233 g/mol. The molecule has 0 fully saturated rings. The van der Waals surface area contributed by atoms with Gasteiger partial charge in [0.1, 0.15) is 6.07 Å². The molecule has 0 aliphatic carbocycles. The fourth-order valence-electron chi connectivity index (χ4n) is 1.61. The zero-order valence-corrected chi connectivity index (χ0v) is 10.3. The molecule has 0 spiro atoms. The monoisotopic (exact) mass is 232 g/mol.